The van der Waals surface area contributed by atoms with Gasteiger partial charge in [0.25, 0.3) is 0 Å². The van der Waals surface area contributed by atoms with Gasteiger partial charge in [-0.3, -0.25) is 4.79 Å². The van der Waals surface area contributed by atoms with Gasteiger partial charge >= 0.3 is 0 Å². The summed E-state index contributed by atoms with van der Waals surface area (Å²) in [6.45, 7) is 3.87. The van der Waals surface area contributed by atoms with E-state index in [0.717, 1.165) is 34.7 Å². The number of anilines is 1. The number of nitrogens with one attached hydrogen (secondary N) is 1. The van der Waals surface area contributed by atoms with Gasteiger partial charge < -0.3 is 5.32 Å². The van der Waals surface area contributed by atoms with Gasteiger partial charge in [0.05, 0.1) is 5.56 Å². The van der Waals surface area contributed by atoms with Gasteiger partial charge in [0.2, 0.25) is 5.91 Å². The van der Waals surface area contributed by atoms with Crippen LogP contribution in [0.3, 0.4) is 0 Å². The van der Waals surface area contributed by atoms with E-state index in [1.54, 1.807) is 0 Å². The van der Waals surface area contributed by atoms with Crippen molar-refractivity contribution in [3.05, 3.63) is 58.4 Å². The third-order valence-electron chi connectivity index (χ3n) is 4.80. The van der Waals surface area contributed by atoms with E-state index in [1.165, 1.54) is 34.2 Å². The van der Waals surface area contributed by atoms with Crippen molar-refractivity contribution in [3.8, 4) is 16.5 Å². The van der Waals surface area contributed by atoms with Crippen LogP contribution < -0.4 is 5.32 Å². The summed E-state index contributed by atoms with van der Waals surface area (Å²) in [6.07, 6.45) is 2.10. The summed E-state index contributed by atoms with van der Waals surface area (Å²) < 4.78 is 0. The Labute approximate surface area is 178 Å². The van der Waals surface area contributed by atoms with Crippen molar-refractivity contribution in [2.24, 2.45) is 0 Å². The molecular weight excluding hydrogens is 400 g/mol. The van der Waals surface area contributed by atoms with Crippen LogP contribution in [0.4, 0.5) is 5.00 Å². The molecule has 0 spiro atoms. The van der Waals surface area contributed by atoms with Crippen LogP contribution >= 0.6 is 23.1 Å². The standard InChI is InChI=1S/C22H20N4OS2/c1-13-11-14(2)25-22(24-13)28-10-9-19(27)26-21-18(12-23)17-8-7-15-5-3-4-6-16(15)20(17)29-21/h3-6,11H,7-10H2,1-2H3,(H,26,27). The number of hydrogen-bond donors (Lipinski definition) is 1. The molecule has 3 aromatic rings. The SMILES string of the molecule is Cc1cc(C)nc(SCCC(=O)Nc2sc3c(c2C#N)CCc2ccccc2-3)n1. The summed E-state index contributed by atoms with van der Waals surface area (Å²) in [6, 6.07) is 12.5. The van der Waals surface area contributed by atoms with Crippen LogP contribution in [0.1, 0.15) is 34.5 Å². The quantitative estimate of drug-likeness (QED) is 0.468. The fraction of sp³-hybridized carbons (Fsp3) is 0.273. The second-order valence-electron chi connectivity index (χ2n) is 6.96. The number of aryl methyl sites for hydroxylation is 3. The van der Waals surface area contributed by atoms with E-state index in [4.69, 9.17) is 0 Å². The van der Waals surface area contributed by atoms with Crippen molar-refractivity contribution in [1.82, 2.24) is 9.97 Å². The highest BCUT2D eigenvalue weighted by Gasteiger charge is 2.25. The predicted octanol–water partition coefficient (Wildman–Crippen LogP) is 4.91. The Hall–Kier alpha value is -2.69. The fourth-order valence-corrected chi connectivity index (χ4v) is 5.69. The number of thioether (sulfide) groups is 1. The lowest BCUT2D eigenvalue weighted by Gasteiger charge is -2.15. The van der Waals surface area contributed by atoms with Crippen LogP contribution in [-0.2, 0) is 17.6 Å². The summed E-state index contributed by atoms with van der Waals surface area (Å²) in [5, 5.41) is 14.0. The average Bonchev–Trinajstić information content (AvgIpc) is 3.04. The number of thiophene rings is 1. The van der Waals surface area contributed by atoms with Crippen molar-refractivity contribution < 1.29 is 4.79 Å². The number of nitriles is 1. The molecule has 1 N–H and O–H groups in total. The van der Waals surface area contributed by atoms with E-state index in [-0.39, 0.29) is 5.91 Å². The zero-order valence-electron chi connectivity index (χ0n) is 16.3. The van der Waals surface area contributed by atoms with Gasteiger partial charge in [0.15, 0.2) is 5.16 Å². The monoisotopic (exact) mass is 420 g/mol. The molecule has 0 atom stereocenters. The summed E-state index contributed by atoms with van der Waals surface area (Å²) in [5.41, 5.74) is 5.99. The summed E-state index contributed by atoms with van der Waals surface area (Å²) in [7, 11) is 0. The molecule has 1 amide bonds. The molecule has 146 valence electrons. The zero-order valence-corrected chi connectivity index (χ0v) is 17.9. The molecule has 7 heteroatoms. The van der Waals surface area contributed by atoms with E-state index in [1.807, 2.05) is 32.0 Å². The molecule has 0 fully saturated rings. The lowest BCUT2D eigenvalue weighted by atomic mass is 9.90. The molecule has 29 heavy (non-hydrogen) atoms. The number of hydrogen-bond acceptors (Lipinski definition) is 6. The molecule has 4 rings (SSSR count). The number of nitrogens with zero attached hydrogens (tertiary/aromatic N) is 3. The number of carbonyl (C=O) groups is 1. The van der Waals surface area contributed by atoms with Crippen molar-refractivity contribution in [2.45, 2.75) is 38.3 Å². The summed E-state index contributed by atoms with van der Waals surface area (Å²) in [5.74, 6) is 0.495. The molecule has 0 saturated heterocycles. The second-order valence-corrected chi connectivity index (χ2v) is 9.05. The number of fused-ring (bicyclic) bond motifs is 3. The van der Waals surface area contributed by atoms with Crippen LogP contribution in [-0.4, -0.2) is 21.6 Å². The Balaban J connectivity index is 1.45. The zero-order chi connectivity index (χ0) is 20.4. The van der Waals surface area contributed by atoms with Crippen molar-refractivity contribution in [2.75, 3.05) is 11.1 Å². The number of carbonyl (C=O) groups excluding carboxylic acids is 1. The molecule has 2 aromatic heterocycles. The normalized spacial score (nSPS) is 12.0. The molecule has 1 aliphatic rings. The maximum atomic E-state index is 12.5. The molecule has 5 nitrogen and oxygen atoms in total. The van der Waals surface area contributed by atoms with Crippen LogP contribution in [0, 0.1) is 25.2 Å². The molecule has 0 bridgehead atoms. The Morgan fingerprint density at radius 3 is 2.76 bits per heavy atom. The van der Waals surface area contributed by atoms with Crippen molar-refractivity contribution >= 4 is 34.0 Å². The van der Waals surface area contributed by atoms with Crippen molar-refractivity contribution in [3.63, 3.8) is 0 Å². The number of benzene rings is 1. The van der Waals surface area contributed by atoms with Gasteiger partial charge in [0, 0.05) is 28.4 Å². The Bertz CT molecular complexity index is 1110. The van der Waals surface area contributed by atoms with Crippen LogP contribution in [0.2, 0.25) is 0 Å². The lowest BCUT2D eigenvalue weighted by Crippen LogP contribution is -2.12. The van der Waals surface area contributed by atoms with Gasteiger partial charge in [-0.1, -0.05) is 36.0 Å². The molecule has 0 aliphatic heterocycles. The Morgan fingerprint density at radius 2 is 2.00 bits per heavy atom. The highest BCUT2D eigenvalue weighted by molar-refractivity contribution is 7.99. The third-order valence-corrected chi connectivity index (χ3v) is 6.83. The number of rotatable bonds is 5. The van der Waals surface area contributed by atoms with E-state index >= 15 is 0 Å². The van der Waals surface area contributed by atoms with Crippen LogP contribution in [0.15, 0.2) is 35.5 Å². The minimum atomic E-state index is -0.0924. The molecule has 1 aromatic carbocycles. The first-order valence-electron chi connectivity index (χ1n) is 9.44. The largest absolute Gasteiger partial charge is 0.317 e. The highest BCUT2D eigenvalue weighted by Crippen LogP contribution is 2.44. The molecule has 0 unspecified atom stereocenters. The van der Waals surface area contributed by atoms with E-state index in [2.05, 4.69) is 33.5 Å². The number of aromatic nitrogens is 2. The first kappa shape index (κ1) is 19.6. The molecule has 0 saturated carbocycles. The maximum Gasteiger partial charge on any atom is 0.225 e. The van der Waals surface area contributed by atoms with Gasteiger partial charge in [-0.25, -0.2) is 9.97 Å². The van der Waals surface area contributed by atoms with Gasteiger partial charge in [0.1, 0.15) is 11.1 Å². The molecule has 1 aliphatic carbocycles. The first-order chi connectivity index (χ1) is 14.0. The highest BCUT2D eigenvalue weighted by atomic mass is 32.2. The molecule has 0 radical (unpaired) electrons. The average molecular weight is 421 g/mol. The summed E-state index contributed by atoms with van der Waals surface area (Å²) in [4.78, 5) is 22.4. The third kappa shape index (κ3) is 4.19. The fourth-order valence-electron chi connectivity index (χ4n) is 3.53. The topological polar surface area (TPSA) is 78.7 Å². The maximum absolute atomic E-state index is 12.5. The Morgan fingerprint density at radius 1 is 1.24 bits per heavy atom. The molecular formula is C22H20N4OS2. The van der Waals surface area contributed by atoms with E-state index in [9.17, 15) is 10.1 Å². The predicted molar refractivity (Wildman–Crippen MR) is 117 cm³/mol. The van der Waals surface area contributed by atoms with E-state index in [0.29, 0.717) is 27.9 Å². The van der Waals surface area contributed by atoms with Crippen LogP contribution in [0.25, 0.3) is 10.4 Å². The smallest absolute Gasteiger partial charge is 0.225 e. The summed E-state index contributed by atoms with van der Waals surface area (Å²) >= 11 is 2.98. The molecule has 2 heterocycles. The van der Waals surface area contributed by atoms with Crippen LogP contribution in [0.5, 0.6) is 0 Å². The minimum Gasteiger partial charge on any atom is -0.317 e. The van der Waals surface area contributed by atoms with Crippen molar-refractivity contribution in [1.29, 1.82) is 5.26 Å². The van der Waals surface area contributed by atoms with Gasteiger partial charge in [-0.05, 0) is 49.4 Å². The van der Waals surface area contributed by atoms with Gasteiger partial charge in [-0.2, -0.15) is 5.26 Å². The van der Waals surface area contributed by atoms with Gasteiger partial charge in [-0.15, -0.1) is 11.3 Å². The number of amides is 1. The Kier molecular flexibility index (Phi) is 5.65. The second kappa shape index (κ2) is 8.36. The first-order valence-corrected chi connectivity index (χ1v) is 11.2. The van der Waals surface area contributed by atoms with E-state index < -0.39 is 0 Å². The minimum absolute atomic E-state index is 0.0924. The lowest BCUT2D eigenvalue weighted by molar-refractivity contribution is -0.115.